The Labute approximate surface area is 117 Å². The molecule has 0 amide bonds. The van der Waals surface area contributed by atoms with Crippen LogP contribution < -0.4 is 10.6 Å². The maximum atomic E-state index is 6.17. The second kappa shape index (κ2) is 5.51. The third-order valence-electron chi connectivity index (χ3n) is 2.72. The number of hydrogen-bond donors (Lipinski definition) is 1. The number of anilines is 2. The second-order valence-electron chi connectivity index (χ2n) is 4.19. The van der Waals surface area contributed by atoms with Crippen molar-refractivity contribution in [1.29, 1.82) is 0 Å². The van der Waals surface area contributed by atoms with Crippen molar-refractivity contribution in [2.24, 2.45) is 0 Å². The summed E-state index contributed by atoms with van der Waals surface area (Å²) in [4.78, 5) is 2.07. The normalized spacial score (nSPS) is 10.4. The molecule has 18 heavy (non-hydrogen) atoms. The number of hydrogen-bond acceptors (Lipinski definition) is 2. The first-order valence-corrected chi connectivity index (χ1v) is 6.32. The van der Waals surface area contributed by atoms with Gasteiger partial charge in [-0.3, -0.25) is 0 Å². The molecule has 2 N–H and O–H groups in total. The zero-order valence-electron chi connectivity index (χ0n) is 10.0. The molecule has 0 atom stereocenters. The Morgan fingerprint density at radius 1 is 1.06 bits per heavy atom. The molecule has 2 aromatic carbocycles. The highest BCUT2D eigenvalue weighted by Crippen LogP contribution is 2.28. The largest absolute Gasteiger partial charge is 0.399 e. The fourth-order valence-corrected chi connectivity index (χ4v) is 2.24. The van der Waals surface area contributed by atoms with E-state index in [1.165, 1.54) is 5.56 Å². The molecule has 0 saturated carbocycles. The van der Waals surface area contributed by atoms with E-state index in [2.05, 4.69) is 4.90 Å². The summed E-state index contributed by atoms with van der Waals surface area (Å²) in [7, 11) is 1.99. The highest BCUT2D eigenvalue weighted by Gasteiger charge is 2.07. The van der Waals surface area contributed by atoms with Gasteiger partial charge in [-0.2, -0.15) is 0 Å². The number of nitrogens with two attached hydrogens (primary N) is 1. The lowest BCUT2D eigenvalue weighted by atomic mass is 10.2. The highest BCUT2D eigenvalue weighted by molar-refractivity contribution is 6.33. The van der Waals surface area contributed by atoms with Crippen LogP contribution in [0.5, 0.6) is 0 Å². The Balaban J connectivity index is 2.16. The number of halogens is 2. The summed E-state index contributed by atoms with van der Waals surface area (Å²) in [6.45, 7) is 0.765. The number of nitrogen functional groups attached to an aromatic ring is 1. The number of benzene rings is 2. The van der Waals surface area contributed by atoms with Crippen LogP contribution in [-0.4, -0.2) is 7.05 Å². The Morgan fingerprint density at radius 3 is 2.33 bits per heavy atom. The van der Waals surface area contributed by atoms with Gasteiger partial charge in [-0.15, -0.1) is 0 Å². The van der Waals surface area contributed by atoms with Crippen molar-refractivity contribution >= 4 is 34.6 Å². The third kappa shape index (κ3) is 3.09. The Bertz CT molecular complexity index is 538. The minimum Gasteiger partial charge on any atom is -0.399 e. The van der Waals surface area contributed by atoms with Crippen LogP contribution in [0.3, 0.4) is 0 Å². The maximum absolute atomic E-state index is 6.17. The van der Waals surface area contributed by atoms with Crippen LogP contribution in [0, 0.1) is 0 Å². The van der Waals surface area contributed by atoms with Gasteiger partial charge < -0.3 is 10.6 Å². The van der Waals surface area contributed by atoms with Crippen molar-refractivity contribution in [3.05, 3.63) is 58.1 Å². The minimum atomic E-state index is 0.659. The summed E-state index contributed by atoms with van der Waals surface area (Å²) < 4.78 is 0. The van der Waals surface area contributed by atoms with E-state index in [9.17, 15) is 0 Å². The number of rotatable bonds is 3. The summed E-state index contributed by atoms with van der Waals surface area (Å²) in [5, 5.41) is 1.40. The fraction of sp³-hybridized carbons (Fsp3) is 0.143. The average Bonchev–Trinajstić information content (AvgIpc) is 2.32. The molecular formula is C14H14Cl2N2. The van der Waals surface area contributed by atoms with Gasteiger partial charge in [0.1, 0.15) is 0 Å². The standard InChI is InChI=1S/C14H14Cl2N2/c1-18(9-10-2-4-11(15)5-3-10)14-7-6-12(17)8-13(14)16/h2-8H,9,17H2,1H3. The first-order chi connectivity index (χ1) is 8.56. The van der Waals surface area contributed by atoms with Crippen LogP contribution in [0.15, 0.2) is 42.5 Å². The van der Waals surface area contributed by atoms with Crippen LogP contribution in [-0.2, 0) is 6.54 Å². The summed E-state index contributed by atoms with van der Waals surface area (Å²) in [6.07, 6.45) is 0. The quantitative estimate of drug-likeness (QED) is 0.854. The van der Waals surface area contributed by atoms with E-state index in [1.807, 2.05) is 43.4 Å². The molecule has 0 radical (unpaired) electrons. The van der Waals surface area contributed by atoms with Crippen molar-refractivity contribution in [3.8, 4) is 0 Å². The van der Waals surface area contributed by atoms with E-state index in [1.54, 1.807) is 6.07 Å². The SMILES string of the molecule is CN(Cc1ccc(Cl)cc1)c1ccc(N)cc1Cl. The lowest BCUT2D eigenvalue weighted by Gasteiger charge is -2.21. The molecule has 0 spiro atoms. The molecule has 0 unspecified atom stereocenters. The Hall–Kier alpha value is -1.38. The van der Waals surface area contributed by atoms with Gasteiger partial charge in [0.2, 0.25) is 0 Å². The van der Waals surface area contributed by atoms with Gasteiger partial charge in [0, 0.05) is 24.3 Å². The average molecular weight is 281 g/mol. The number of nitrogens with zero attached hydrogens (tertiary/aromatic N) is 1. The first kappa shape index (κ1) is 13.1. The molecule has 0 bridgehead atoms. The van der Waals surface area contributed by atoms with E-state index in [0.717, 1.165) is 17.3 Å². The Kier molecular flexibility index (Phi) is 4.00. The topological polar surface area (TPSA) is 29.3 Å². The second-order valence-corrected chi connectivity index (χ2v) is 5.04. The van der Waals surface area contributed by atoms with E-state index >= 15 is 0 Å². The van der Waals surface area contributed by atoms with E-state index in [-0.39, 0.29) is 0 Å². The van der Waals surface area contributed by atoms with Gasteiger partial charge in [-0.1, -0.05) is 35.3 Å². The van der Waals surface area contributed by atoms with Gasteiger partial charge in [-0.05, 0) is 35.9 Å². The summed E-state index contributed by atoms with van der Waals surface area (Å²) in [5.41, 5.74) is 8.48. The van der Waals surface area contributed by atoms with E-state index in [4.69, 9.17) is 28.9 Å². The summed E-state index contributed by atoms with van der Waals surface area (Å²) in [6, 6.07) is 13.3. The highest BCUT2D eigenvalue weighted by atomic mass is 35.5. The molecule has 94 valence electrons. The monoisotopic (exact) mass is 280 g/mol. The van der Waals surface area contributed by atoms with Gasteiger partial charge in [0.05, 0.1) is 10.7 Å². The van der Waals surface area contributed by atoms with Crippen molar-refractivity contribution in [1.82, 2.24) is 0 Å². The molecule has 0 aliphatic heterocycles. The zero-order chi connectivity index (χ0) is 13.1. The van der Waals surface area contributed by atoms with Crippen LogP contribution in [0.2, 0.25) is 10.0 Å². The molecule has 4 heteroatoms. The molecule has 0 aromatic heterocycles. The molecule has 2 nitrogen and oxygen atoms in total. The van der Waals surface area contributed by atoms with E-state index < -0.39 is 0 Å². The lowest BCUT2D eigenvalue weighted by Crippen LogP contribution is -2.16. The first-order valence-electron chi connectivity index (χ1n) is 5.57. The molecule has 0 aliphatic carbocycles. The van der Waals surface area contributed by atoms with Gasteiger partial charge in [0.15, 0.2) is 0 Å². The van der Waals surface area contributed by atoms with Gasteiger partial charge in [-0.25, -0.2) is 0 Å². The van der Waals surface area contributed by atoms with Gasteiger partial charge in [0.25, 0.3) is 0 Å². The van der Waals surface area contributed by atoms with E-state index in [0.29, 0.717) is 10.7 Å². The van der Waals surface area contributed by atoms with Crippen LogP contribution in [0.1, 0.15) is 5.56 Å². The maximum Gasteiger partial charge on any atom is 0.0660 e. The molecule has 0 heterocycles. The predicted octanol–water partition coefficient (Wildman–Crippen LogP) is 4.21. The van der Waals surface area contributed by atoms with Crippen molar-refractivity contribution in [2.45, 2.75) is 6.54 Å². The van der Waals surface area contributed by atoms with Crippen LogP contribution in [0.4, 0.5) is 11.4 Å². The lowest BCUT2D eigenvalue weighted by molar-refractivity contribution is 0.923. The zero-order valence-corrected chi connectivity index (χ0v) is 11.5. The van der Waals surface area contributed by atoms with Crippen molar-refractivity contribution in [3.63, 3.8) is 0 Å². The molecular weight excluding hydrogens is 267 g/mol. The third-order valence-corrected chi connectivity index (χ3v) is 3.27. The summed E-state index contributed by atoms with van der Waals surface area (Å²) in [5.74, 6) is 0. The molecule has 2 rings (SSSR count). The summed E-state index contributed by atoms with van der Waals surface area (Å²) >= 11 is 12.0. The smallest absolute Gasteiger partial charge is 0.0660 e. The molecule has 0 fully saturated rings. The van der Waals surface area contributed by atoms with Crippen molar-refractivity contribution in [2.75, 3.05) is 17.7 Å². The predicted molar refractivity (Wildman–Crippen MR) is 79.4 cm³/mol. The molecule has 0 aliphatic rings. The van der Waals surface area contributed by atoms with Gasteiger partial charge >= 0.3 is 0 Å². The fourth-order valence-electron chi connectivity index (χ4n) is 1.78. The Morgan fingerprint density at radius 2 is 1.72 bits per heavy atom. The van der Waals surface area contributed by atoms with Crippen LogP contribution >= 0.6 is 23.2 Å². The minimum absolute atomic E-state index is 0.659. The molecule has 2 aromatic rings. The molecule has 0 saturated heterocycles. The van der Waals surface area contributed by atoms with Crippen molar-refractivity contribution < 1.29 is 0 Å². The van der Waals surface area contributed by atoms with Crippen LogP contribution in [0.25, 0.3) is 0 Å².